The van der Waals surface area contributed by atoms with Crippen molar-refractivity contribution in [3.8, 4) is 0 Å². The van der Waals surface area contributed by atoms with Crippen LogP contribution in [0.5, 0.6) is 0 Å². The molecule has 124 valence electrons. The number of hydrogen-bond donors (Lipinski definition) is 2. The fourth-order valence-electron chi connectivity index (χ4n) is 2.66. The van der Waals surface area contributed by atoms with Crippen LogP contribution in [0.4, 0.5) is 0 Å². The molecule has 6 nitrogen and oxygen atoms in total. The van der Waals surface area contributed by atoms with Crippen molar-refractivity contribution in [3.63, 3.8) is 0 Å². The van der Waals surface area contributed by atoms with Crippen molar-refractivity contribution in [2.75, 3.05) is 0 Å². The maximum atomic E-state index is 12.7. The van der Waals surface area contributed by atoms with Gasteiger partial charge in [-0.15, -0.1) is 0 Å². The zero-order valence-corrected chi connectivity index (χ0v) is 14.2. The predicted octanol–water partition coefficient (Wildman–Crippen LogP) is 2.94. The number of carboxylic acids is 1. The van der Waals surface area contributed by atoms with E-state index in [2.05, 4.69) is 4.72 Å². The smallest absolute Gasteiger partial charge is 0.340 e. The molecule has 23 heavy (non-hydrogen) atoms. The molecule has 0 fully saturated rings. The molecule has 0 saturated heterocycles. The highest BCUT2D eigenvalue weighted by molar-refractivity contribution is 7.89. The lowest BCUT2D eigenvalue weighted by atomic mass is 10.0. The molecule has 0 aliphatic heterocycles. The number of aryl methyl sites for hydroxylation is 3. The fourth-order valence-corrected chi connectivity index (χ4v) is 4.29. The van der Waals surface area contributed by atoms with Crippen LogP contribution in [-0.2, 0) is 10.0 Å². The number of sulfonamides is 1. The SMILES string of the molecule is Cc1ccccc1C(C)NS(=O)(=O)c1c(C)oc(C)c1C(=O)O. The lowest BCUT2D eigenvalue weighted by Gasteiger charge is -2.16. The molecule has 1 unspecified atom stereocenters. The zero-order valence-electron chi connectivity index (χ0n) is 13.4. The van der Waals surface area contributed by atoms with Crippen molar-refractivity contribution >= 4 is 16.0 Å². The summed E-state index contributed by atoms with van der Waals surface area (Å²) in [7, 11) is -4.03. The van der Waals surface area contributed by atoms with Gasteiger partial charge in [-0.2, -0.15) is 0 Å². The van der Waals surface area contributed by atoms with E-state index in [1.165, 1.54) is 13.8 Å². The lowest BCUT2D eigenvalue weighted by molar-refractivity contribution is 0.0691. The minimum atomic E-state index is -4.03. The molecular formula is C16H19NO5S. The van der Waals surface area contributed by atoms with E-state index in [1.54, 1.807) is 6.92 Å². The number of rotatable bonds is 5. The molecule has 0 bridgehead atoms. The van der Waals surface area contributed by atoms with Crippen LogP contribution >= 0.6 is 0 Å². The molecule has 0 spiro atoms. The minimum absolute atomic E-state index is 0.0596. The van der Waals surface area contributed by atoms with Crippen molar-refractivity contribution in [2.45, 2.75) is 38.6 Å². The minimum Gasteiger partial charge on any atom is -0.478 e. The molecule has 0 aliphatic carbocycles. The van der Waals surface area contributed by atoms with Gasteiger partial charge in [-0.25, -0.2) is 17.9 Å². The van der Waals surface area contributed by atoms with Crippen molar-refractivity contribution < 1.29 is 22.7 Å². The Morgan fingerprint density at radius 2 is 1.78 bits per heavy atom. The molecule has 0 radical (unpaired) electrons. The Labute approximate surface area is 135 Å². The molecular weight excluding hydrogens is 318 g/mol. The number of carboxylic acid groups (broad SMARTS) is 1. The molecule has 7 heteroatoms. The number of aromatic carboxylic acids is 1. The summed E-state index contributed by atoms with van der Waals surface area (Å²) >= 11 is 0. The maximum absolute atomic E-state index is 12.7. The first-order valence-electron chi connectivity index (χ1n) is 7.06. The summed E-state index contributed by atoms with van der Waals surface area (Å²) in [4.78, 5) is 11.0. The van der Waals surface area contributed by atoms with Gasteiger partial charge in [-0.1, -0.05) is 24.3 Å². The molecule has 1 heterocycles. The van der Waals surface area contributed by atoms with Crippen LogP contribution in [0.25, 0.3) is 0 Å². The predicted molar refractivity (Wildman–Crippen MR) is 85.1 cm³/mol. The van der Waals surface area contributed by atoms with Gasteiger partial charge in [-0.3, -0.25) is 0 Å². The third-order valence-electron chi connectivity index (χ3n) is 3.67. The van der Waals surface area contributed by atoms with E-state index in [0.29, 0.717) is 0 Å². The standard InChI is InChI=1S/C16H19NO5S/c1-9-7-5-6-8-13(9)10(2)17-23(20,21)15-12(4)22-11(3)14(15)16(18)19/h5-8,10,17H,1-4H3,(H,18,19). The van der Waals surface area contributed by atoms with Crippen LogP contribution in [0.1, 0.15) is 46.0 Å². The maximum Gasteiger partial charge on any atom is 0.340 e. The molecule has 2 rings (SSSR count). The Morgan fingerprint density at radius 3 is 2.35 bits per heavy atom. The number of furan rings is 1. The van der Waals surface area contributed by atoms with E-state index < -0.39 is 22.0 Å². The number of carbonyl (C=O) groups is 1. The van der Waals surface area contributed by atoms with Crippen LogP contribution in [0, 0.1) is 20.8 Å². The monoisotopic (exact) mass is 337 g/mol. The van der Waals surface area contributed by atoms with E-state index in [4.69, 9.17) is 4.42 Å². The van der Waals surface area contributed by atoms with Crippen LogP contribution in [0.15, 0.2) is 33.6 Å². The van der Waals surface area contributed by atoms with Crippen LogP contribution in [0.3, 0.4) is 0 Å². The third-order valence-corrected chi connectivity index (χ3v) is 5.37. The number of hydrogen-bond acceptors (Lipinski definition) is 4. The Morgan fingerprint density at radius 1 is 1.17 bits per heavy atom. The highest BCUT2D eigenvalue weighted by Crippen LogP contribution is 2.28. The molecule has 2 aromatic rings. The first-order chi connectivity index (χ1) is 10.6. The molecule has 2 N–H and O–H groups in total. The average molecular weight is 337 g/mol. The third kappa shape index (κ3) is 3.30. The average Bonchev–Trinajstić information content (AvgIpc) is 2.74. The second-order valence-electron chi connectivity index (χ2n) is 5.42. The highest BCUT2D eigenvalue weighted by atomic mass is 32.2. The summed E-state index contributed by atoms with van der Waals surface area (Å²) in [5.74, 6) is -1.20. The summed E-state index contributed by atoms with van der Waals surface area (Å²) in [5, 5.41) is 9.27. The van der Waals surface area contributed by atoms with Gasteiger partial charge >= 0.3 is 5.97 Å². The van der Waals surface area contributed by atoms with Gasteiger partial charge in [-0.05, 0) is 38.8 Å². The van der Waals surface area contributed by atoms with E-state index in [9.17, 15) is 18.3 Å². The summed E-state index contributed by atoms with van der Waals surface area (Å²) in [6, 6.07) is 6.90. The van der Waals surface area contributed by atoms with Crippen LogP contribution in [0.2, 0.25) is 0 Å². The highest BCUT2D eigenvalue weighted by Gasteiger charge is 2.32. The summed E-state index contributed by atoms with van der Waals surface area (Å²) in [5.41, 5.74) is 1.44. The summed E-state index contributed by atoms with van der Waals surface area (Å²) in [6.07, 6.45) is 0. The van der Waals surface area contributed by atoms with Gasteiger partial charge < -0.3 is 9.52 Å². The molecule has 0 aliphatic rings. The van der Waals surface area contributed by atoms with E-state index in [-0.39, 0.29) is 22.0 Å². The van der Waals surface area contributed by atoms with Gasteiger partial charge in [0.15, 0.2) is 0 Å². The van der Waals surface area contributed by atoms with Gasteiger partial charge in [0.1, 0.15) is 22.0 Å². The van der Waals surface area contributed by atoms with Crippen LogP contribution < -0.4 is 4.72 Å². The summed E-state index contributed by atoms with van der Waals surface area (Å²) in [6.45, 7) is 6.46. The molecule has 1 aromatic carbocycles. The first kappa shape index (κ1) is 17.2. The lowest BCUT2D eigenvalue weighted by Crippen LogP contribution is -2.28. The second kappa shape index (κ2) is 6.17. The van der Waals surface area contributed by atoms with Crippen molar-refractivity contribution in [1.82, 2.24) is 4.72 Å². The van der Waals surface area contributed by atoms with E-state index in [0.717, 1.165) is 11.1 Å². The van der Waals surface area contributed by atoms with Gasteiger partial charge in [0, 0.05) is 6.04 Å². The van der Waals surface area contributed by atoms with E-state index in [1.807, 2.05) is 31.2 Å². The Bertz CT molecular complexity index is 851. The molecule has 1 atom stereocenters. The van der Waals surface area contributed by atoms with Gasteiger partial charge in [0.2, 0.25) is 10.0 Å². The van der Waals surface area contributed by atoms with Crippen molar-refractivity contribution in [3.05, 3.63) is 52.5 Å². The fraction of sp³-hybridized carbons (Fsp3) is 0.312. The Balaban J connectivity index is 2.45. The normalized spacial score (nSPS) is 13.0. The van der Waals surface area contributed by atoms with E-state index >= 15 is 0 Å². The largest absolute Gasteiger partial charge is 0.478 e. The second-order valence-corrected chi connectivity index (χ2v) is 7.07. The zero-order chi connectivity index (χ0) is 17.4. The van der Waals surface area contributed by atoms with Gasteiger partial charge in [0.05, 0.1) is 0 Å². The van der Waals surface area contributed by atoms with Crippen LogP contribution in [-0.4, -0.2) is 19.5 Å². The summed E-state index contributed by atoms with van der Waals surface area (Å²) < 4.78 is 33.0. The quantitative estimate of drug-likeness (QED) is 0.874. The van der Waals surface area contributed by atoms with Gasteiger partial charge in [0.25, 0.3) is 0 Å². The van der Waals surface area contributed by atoms with Crippen molar-refractivity contribution in [2.24, 2.45) is 0 Å². The molecule has 0 saturated carbocycles. The molecule has 0 amide bonds. The van der Waals surface area contributed by atoms with Crippen molar-refractivity contribution in [1.29, 1.82) is 0 Å². The number of benzene rings is 1. The Hall–Kier alpha value is -2.12. The topological polar surface area (TPSA) is 96.6 Å². The Kier molecular flexibility index (Phi) is 4.63. The first-order valence-corrected chi connectivity index (χ1v) is 8.54. The molecule has 1 aromatic heterocycles. The number of nitrogens with one attached hydrogen (secondary N) is 1.